The normalized spacial score (nSPS) is 11.5. The lowest BCUT2D eigenvalue weighted by Gasteiger charge is -2.15. The molecule has 21 heavy (non-hydrogen) atoms. The summed E-state index contributed by atoms with van der Waals surface area (Å²) in [4.78, 5) is 34.9. The number of hydrogen-bond donors (Lipinski definition) is 2. The number of benzene rings is 1. The summed E-state index contributed by atoms with van der Waals surface area (Å²) in [5.74, 6) is -1.25. The van der Waals surface area contributed by atoms with Crippen molar-refractivity contribution in [2.24, 2.45) is 0 Å². The van der Waals surface area contributed by atoms with Gasteiger partial charge in [-0.3, -0.25) is 10.1 Å². The van der Waals surface area contributed by atoms with Crippen molar-refractivity contribution >= 4 is 17.9 Å². The minimum Gasteiger partial charge on any atom is -0.449 e. The predicted octanol–water partition coefficient (Wildman–Crippen LogP) is 1.61. The van der Waals surface area contributed by atoms with Crippen LogP contribution in [0.25, 0.3) is 0 Å². The fraction of sp³-hybridized carbons (Fsp3) is 0.400. The Morgan fingerprint density at radius 3 is 2.10 bits per heavy atom. The maximum absolute atomic E-state index is 12.2. The van der Waals surface area contributed by atoms with Crippen LogP contribution in [0.3, 0.4) is 0 Å². The fourth-order valence-corrected chi connectivity index (χ4v) is 2.05. The zero-order chi connectivity index (χ0) is 16.2. The summed E-state index contributed by atoms with van der Waals surface area (Å²) in [6, 6.07) is 3.10. The van der Waals surface area contributed by atoms with E-state index in [9.17, 15) is 14.4 Å². The number of esters is 1. The Balaban J connectivity index is 2.82. The van der Waals surface area contributed by atoms with E-state index >= 15 is 0 Å². The molecular weight excluding hydrogens is 272 g/mol. The van der Waals surface area contributed by atoms with E-state index in [1.54, 1.807) is 0 Å². The molecule has 0 aliphatic carbocycles. The Kier molecular flexibility index (Phi) is 5.46. The molecule has 1 unspecified atom stereocenters. The van der Waals surface area contributed by atoms with E-state index in [2.05, 4.69) is 10.6 Å². The van der Waals surface area contributed by atoms with Gasteiger partial charge >= 0.3 is 12.0 Å². The van der Waals surface area contributed by atoms with Gasteiger partial charge in [0.2, 0.25) is 0 Å². The summed E-state index contributed by atoms with van der Waals surface area (Å²) < 4.78 is 5.11. The molecule has 0 saturated carbocycles. The molecule has 0 radical (unpaired) electrons. The summed E-state index contributed by atoms with van der Waals surface area (Å²) >= 11 is 0. The Hall–Kier alpha value is -2.37. The molecule has 0 bridgehead atoms. The van der Waals surface area contributed by atoms with Crippen molar-refractivity contribution in [3.8, 4) is 0 Å². The maximum Gasteiger partial charge on any atom is 0.339 e. The first-order chi connectivity index (χ1) is 9.76. The summed E-state index contributed by atoms with van der Waals surface area (Å²) in [6.07, 6.45) is -1.06. The summed E-state index contributed by atoms with van der Waals surface area (Å²) in [6.45, 7) is 6.97. The molecule has 1 aromatic rings. The third-order valence-electron chi connectivity index (χ3n) is 3.00. The maximum atomic E-state index is 12.2. The molecule has 0 aliphatic heterocycles. The Bertz CT molecular complexity index is 558. The second-order valence-electron chi connectivity index (χ2n) is 4.89. The van der Waals surface area contributed by atoms with E-state index < -0.39 is 24.0 Å². The van der Waals surface area contributed by atoms with Crippen LogP contribution in [0.1, 0.15) is 34.0 Å². The molecular formula is C15H20N2O4. The van der Waals surface area contributed by atoms with E-state index in [0.29, 0.717) is 5.56 Å². The highest BCUT2D eigenvalue weighted by Gasteiger charge is 2.22. The van der Waals surface area contributed by atoms with Gasteiger partial charge in [-0.25, -0.2) is 9.59 Å². The van der Waals surface area contributed by atoms with Crippen LogP contribution < -0.4 is 10.6 Å². The molecule has 0 fully saturated rings. The lowest BCUT2D eigenvalue weighted by molar-refractivity contribution is -0.127. The van der Waals surface area contributed by atoms with Crippen LogP contribution >= 0.6 is 0 Å². The van der Waals surface area contributed by atoms with Gasteiger partial charge in [-0.1, -0.05) is 17.7 Å². The van der Waals surface area contributed by atoms with Crippen molar-refractivity contribution in [3.05, 3.63) is 34.4 Å². The number of rotatable bonds is 3. The van der Waals surface area contributed by atoms with Gasteiger partial charge in [0.25, 0.3) is 5.91 Å². The first-order valence-corrected chi connectivity index (χ1v) is 6.57. The number of amides is 3. The Morgan fingerprint density at radius 1 is 1.10 bits per heavy atom. The summed E-state index contributed by atoms with van der Waals surface area (Å²) in [5.41, 5.74) is 3.07. The zero-order valence-corrected chi connectivity index (χ0v) is 12.9. The molecule has 1 atom stereocenters. The number of ether oxygens (including phenoxy) is 1. The number of hydrogen-bond acceptors (Lipinski definition) is 4. The molecule has 3 amide bonds. The molecule has 2 N–H and O–H groups in total. The van der Waals surface area contributed by atoms with Gasteiger partial charge in [0.05, 0.1) is 5.56 Å². The largest absolute Gasteiger partial charge is 0.449 e. The van der Waals surface area contributed by atoms with Gasteiger partial charge in [0, 0.05) is 7.05 Å². The molecule has 6 nitrogen and oxygen atoms in total. The molecule has 114 valence electrons. The average Bonchev–Trinajstić information content (AvgIpc) is 2.36. The number of aryl methyl sites for hydroxylation is 3. The third-order valence-corrected chi connectivity index (χ3v) is 3.00. The number of imide groups is 1. The quantitative estimate of drug-likeness (QED) is 0.829. The smallest absolute Gasteiger partial charge is 0.339 e. The monoisotopic (exact) mass is 292 g/mol. The summed E-state index contributed by atoms with van der Waals surface area (Å²) in [7, 11) is 1.39. The van der Waals surface area contributed by atoms with Gasteiger partial charge in [-0.15, -0.1) is 0 Å². The van der Waals surface area contributed by atoms with Gasteiger partial charge in [-0.05, 0) is 38.8 Å². The Labute approximate surface area is 123 Å². The molecule has 0 saturated heterocycles. The highest BCUT2D eigenvalue weighted by atomic mass is 16.5. The first-order valence-electron chi connectivity index (χ1n) is 6.57. The van der Waals surface area contributed by atoms with E-state index in [1.165, 1.54) is 14.0 Å². The molecule has 0 aliphatic rings. The van der Waals surface area contributed by atoms with Crippen LogP contribution in [0.15, 0.2) is 12.1 Å². The highest BCUT2D eigenvalue weighted by Crippen LogP contribution is 2.18. The van der Waals surface area contributed by atoms with Crippen LogP contribution in [0.2, 0.25) is 0 Å². The standard InChI is InChI=1S/C15H20N2O4/c1-8-6-9(2)12(10(3)7-8)14(19)21-11(4)13(18)17-15(20)16-5/h6-7,11H,1-5H3,(H2,16,17,18,20). The van der Waals surface area contributed by atoms with Gasteiger partial charge in [0.15, 0.2) is 6.10 Å². The second kappa shape index (κ2) is 6.88. The minimum absolute atomic E-state index is 0.445. The van der Waals surface area contributed by atoms with Gasteiger partial charge in [-0.2, -0.15) is 0 Å². The molecule has 0 aromatic heterocycles. The van der Waals surface area contributed by atoms with Crippen LogP contribution in [-0.4, -0.2) is 31.1 Å². The van der Waals surface area contributed by atoms with E-state index in [4.69, 9.17) is 4.74 Å². The van der Waals surface area contributed by atoms with Gasteiger partial charge in [0.1, 0.15) is 0 Å². The predicted molar refractivity (Wildman–Crippen MR) is 78.1 cm³/mol. The molecule has 0 heterocycles. The van der Waals surface area contributed by atoms with E-state index in [0.717, 1.165) is 16.7 Å². The van der Waals surface area contributed by atoms with Gasteiger partial charge < -0.3 is 10.1 Å². The van der Waals surface area contributed by atoms with Crippen molar-refractivity contribution in [1.29, 1.82) is 0 Å². The topological polar surface area (TPSA) is 84.5 Å². The van der Waals surface area contributed by atoms with Crippen LogP contribution in [0, 0.1) is 20.8 Å². The SMILES string of the molecule is CNC(=O)NC(=O)C(C)OC(=O)c1c(C)cc(C)cc1C. The lowest BCUT2D eigenvalue weighted by atomic mass is 10.00. The molecule has 1 aromatic carbocycles. The Morgan fingerprint density at radius 2 is 1.62 bits per heavy atom. The minimum atomic E-state index is -1.06. The van der Waals surface area contributed by atoms with Crippen LogP contribution in [0.4, 0.5) is 4.79 Å². The number of carbonyl (C=O) groups excluding carboxylic acids is 3. The van der Waals surface area contributed by atoms with Crippen molar-refractivity contribution < 1.29 is 19.1 Å². The third kappa shape index (κ3) is 4.30. The molecule has 6 heteroatoms. The van der Waals surface area contributed by atoms with Crippen LogP contribution in [-0.2, 0) is 9.53 Å². The van der Waals surface area contributed by atoms with Crippen molar-refractivity contribution in [2.75, 3.05) is 7.05 Å². The fourth-order valence-electron chi connectivity index (χ4n) is 2.05. The zero-order valence-electron chi connectivity index (χ0n) is 12.9. The van der Waals surface area contributed by atoms with Crippen molar-refractivity contribution in [3.63, 3.8) is 0 Å². The van der Waals surface area contributed by atoms with Crippen LogP contribution in [0.5, 0.6) is 0 Å². The lowest BCUT2D eigenvalue weighted by Crippen LogP contribution is -2.43. The number of carbonyl (C=O) groups is 3. The number of urea groups is 1. The van der Waals surface area contributed by atoms with E-state index in [-0.39, 0.29) is 0 Å². The van der Waals surface area contributed by atoms with E-state index in [1.807, 2.05) is 32.9 Å². The number of nitrogens with one attached hydrogen (secondary N) is 2. The first kappa shape index (κ1) is 16.7. The molecule has 1 rings (SSSR count). The second-order valence-corrected chi connectivity index (χ2v) is 4.89. The van der Waals surface area contributed by atoms with Crippen molar-refractivity contribution in [2.45, 2.75) is 33.8 Å². The average molecular weight is 292 g/mol. The highest BCUT2D eigenvalue weighted by molar-refractivity contribution is 5.99. The summed E-state index contributed by atoms with van der Waals surface area (Å²) in [5, 5.41) is 4.31. The van der Waals surface area contributed by atoms with Crippen molar-refractivity contribution in [1.82, 2.24) is 10.6 Å². The molecule has 0 spiro atoms.